The molecule has 1 unspecified atom stereocenters. The van der Waals surface area contributed by atoms with Crippen molar-refractivity contribution in [1.82, 2.24) is 0 Å². The molecule has 0 saturated carbocycles. The molecule has 2 rings (SSSR count). The van der Waals surface area contributed by atoms with Crippen molar-refractivity contribution in [3.8, 4) is 0 Å². The normalized spacial score (nSPS) is 12.9. The molecule has 0 saturated heterocycles. The van der Waals surface area contributed by atoms with Crippen molar-refractivity contribution in [2.24, 2.45) is 0 Å². The minimum atomic E-state index is 0.476. The van der Waals surface area contributed by atoms with Crippen LogP contribution in [0.1, 0.15) is 35.7 Å². The molecule has 84 valence electrons. The standard InChI is InChI=1S/C15H17Br/c1-3-6-14(16)15-11(2)9-10-12-7-4-5-8-13(12)15/h4-5,7-10,14H,3,6H2,1-2H3. The fourth-order valence-corrected chi connectivity index (χ4v) is 3.28. The zero-order valence-corrected chi connectivity index (χ0v) is 11.4. The molecular weight excluding hydrogens is 260 g/mol. The number of alkyl halides is 1. The van der Waals surface area contributed by atoms with Crippen molar-refractivity contribution in [2.45, 2.75) is 31.5 Å². The third-order valence-corrected chi connectivity index (χ3v) is 3.96. The van der Waals surface area contributed by atoms with Crippen LogP contribution in [-0.2, 0) is 0 Å². The van der Waals surface area contributed by atoms with Gasteiger partial charge in [-0.2, -0.15) is 0 Å². The summed E-state index contributed by atoms with van der Waals surface area (Å²) >= 11 is 3.82. The summed E-state index contributed by atoms with van der Waals surface area (Å²) < 4.78 is 0. The highest BCUT2D eigenvalue weighted by Crippen LogP contribution is 2.35. The van der Waals surface area contributed by atoms with Crippen LogP contribution in [0.3, 0.4) is 0 Å². The lowest BCUT2D eigenvalue weighted by molar-refractivity contribution is 0.789. The van der Waals surface area contributed by atoms with E-state index in [1.807, 2.05) is 0 Å². The van der Waals surface area contributed by atoms with Gasteiger partial charge in [-0.15, -0.1) is 0 Å². The Morgan fingerprint density at radius 1 is 1.12 bits per heavy atom. The quantitative estimate of drug-likeness (QED) is 0.660. The van der Waals surface area contributed by atoms with E-state index in [2.05, 4.69) is 66.2 Å². The Morgan fingerprint density at radius 2 is 1.88 bits per heavy atom. The topological polar surface area (TPSA) is 0 Å². The molecule has 0 spiro atoms. The minimum absolute atomic E-state index is 0.476. The van der Waals surface area contributed by atoms with Crippen molar-refractivity contribution in [1.29, 1.82) is 0 Å². The third kappa shape index (κ3) is 2.15. The lowest BCUT2D eigenvalue weighted by Crippen LogP contribution is -1.95. The molecule has 0 N–H and O–H groups in total. The van der Waals surface area contributed by atoms with E-state index < -0.39 is 0 Å². The monoisotopic (exact) mass is 276 g/mol. The maximum Gasteiger partial charge on any atom is 0.0404 e. The van der Waals surface area contributed by atoms with E-state index in [1.165, 1.54) is 34.7 Å². The molecular formula is C15H17Br. The van der Waals surface area contributed by atoms with Crippen LogP contribution in [-0.4, -0.2) is 0 Å². The molecule has 16 heavy (non-hydrogen) atoms. The van der Waals surface area contributed by atoms with Crippen LogP contribution in [0.2, 0.25) is 0 Å². The van der Waals surface area contributed by atoms with Gasteiger partial charge in [0.25, 0.3) is 0 Å². The summed E-state index contributed by atoms with van der Waals surface area (Å²) in [6.07, 6.45) is 2.40. The minimum Gasteiger partial charge on any atom is -0.0838 e. The van der Waals surface area contributed by atoms with Crippen molar-refractivity contribution >= 4 is 26.7 Å². The molecule has 2 aromatic rings. The smallest absolute Gasteiger partial charge is 0.0404 e. The number of fused-ring (bicyclic) bond motifs is 1. The van der Waals surface area contributed by atoms with E-state index in [9.17, 15) is 0 Å². The van der Waals surface area contributed by atoms with Gasteiger partial charge >= 0.3 is 0 Å². The maximum absolute atomic E-state index is 3.82. The Morgan fingerprint density at radius 3 is 2.62 bits per heavy atom. The van der Waals surface area contributed by atoms with Crippen LogP contribution in [0.5, 0.6) is 0 Å². The molecule has 1 atom stereocenters. The first-order valence-electron chi connectivity index (χ1n) is 5.86. The van der Waals surface area contributed by atoms with E-state index in [0.29, 0.717) is 4.83 Å². The Labute approximate surface area is 106 Å². The van der Waals surface area contributed by atoms with Crippen LogP contribution < -0.4 is 0 Å². The largest absolute Gasteiger partial charge is 0.0838 e. The number of aryl methyl sites for hydroxylation is 1. The lowest BCUT2D eigenvalue weighted by Gasteiger charge is -2.15. The second-order valence-electron chi connectivity index (χ2n) is 4.27. The van der Waals surface area contributed by atoms with E-state index in [-0.39, 0.29) is 0 Å². The van der Waals surface area contributed by atoms with Gasteiger partial charge in [-0.05, 0) is 35.2 Å². The first kappa shape index (κ1) is 11.7. The Bertz CT molecular complexity index is 488. The Hall–Kier alpha value is -0.820. The van der Waals surface area contributed by atoms with E-state index in [4.69, 9.17) is 0 Å². The highest BCUT2D eigenvalue weighted by atomic mass is 79.9. The molecule has 1 heteroatoms. The third-order valence-electron chi connectivity index (χ3n) is 3.04. The predicted molar refractivity (Wildman–Crippen MR) is 75.3 cm³/mol. The van der Waals surface area contributed by atoms with Crippen molar-refractivity contribution in [3.05, 3.63) is 47.5 Å². The number of rotatable bonds is 3. The number of hydrogen-bond donors (Lipinski definition) is 0. The first-order chi connectivity index (χ1) is 7.74. The second-order valence-corrected chi connectivity index (χ2v) is 5.38. The Balaban J connectivity index is 2.61. The van der Waals surface area contributed by atoms with Gasteiger partial charge in [-0.3, -0.25) is 0 Å². The Kier molecular flexibility index (Phi) is 3.65. The zero-order chi connectivity index (χ0) is 11.5. The van der Waals surface area contributed by atoms with Gasteiger partial charge in [0.2, 0.25) is 0 Å². The molecule has 0 bridgehead atoms. The van der Waals surface area contributed by atoms with Gasteiger partial charge < -0.3 is 0 Å². The van der Waals surface area contributed by atoms with Crippen LogP contribution in [0.15, 0.2) is 36.4 Å². The molecule has 0 amide bonds. The summed E-state index contributed by atoms with van der Waals surface area (Å²) in [6.45, 7) is 4.43. The van der Waals surface area contributed by atoms with Crippen LogP contribution >= 0.6 is 15.9 Å². The van der Waals surface area contributed by atoms with Gasteiger partial charge in [-0.25, -0.2) is 0 Å². The fraction of sp³-hybridized carbons (Fsp3) is 0.333. The van der Waals surface area contributed by atoms with Gasteiger partial charge in [-0.1, -0.05) is 65.7 Å². The van der Waals surface area contributed by atoms with Crippen molar-refractivity contribution < 1.29 is 0 Å². The maximum atomic E-state index is 3.82. The van der Waals surface area contributed by atoms with E-state index in [1.54, 1.807) is 0 Å². The summed E-state index contributed by atoms with van der Waals surface area (Å²) in [7, 11) is 0. The van der Waals surface area contributed by atoms with Crippen molar-refractivity contribution in [3.63, 3.8) is 0 Å². The van der Waals surface area contributed by atoms with Gasteiger partial charge in [0.1, 0.15) is 0 Å². The molecule has 0 radical (unpaired) electrons. The number of benzene rings is 2. The lowest BCUT2D eigenvalue weighted by atomic mass is 9.96. The van der Waals surface area contributed by atoms with Crippen LogP contribution in [0.4, 0.5) is 0 Å². The highest BCUT2D eigenvalue weighted by molar-refractivity contribution is 9.09. The zero-order valence-electron chi connectivity index (χ0n) is 9.83. The molecule has 0 aromatic heterocycles. The first-order valence-corrected chi connectivity index (χ1v) is 6.78. The summed E-state index contributed by atoms with van der Waals surface area (Å²) in [6, 6.07) is 13.1. The molecule has 0 aliphatic rings. The number of hydrogen-bond acceptors (Lipinski definition) is 0. The van der Waals surface area contributed by atoms with Gasteiger partial charge in [0.15, 0.2) is 0 Å². The average molecular weight is 277 g/mol. The average Bonchev–Trinajstić information content (AvgIpc) is 2.29. The molecule has 0 heterocycles. The van der Waals surface area contributed by atoms with E-state index in [0.717, 1.165) is 0 Å². The summed E-state index contributed by atoms with van der Waals surface area (Å²) in [4.78, 5) is 0.476. The second kappa shape index (κ2) is 5.01. The van der Waals surface area contributed by atoms with Gasteiger partial charge in [0.05, 0.1) is 0 Å². The SMILES string of the molecule is CCCC(Br)c1c(C)ccc2ccccc12. The van der Waals surface area contributed by atoms with Gasteiger partial charge in [0, 0.05) is 4.83 Å². The fourth-order valence-electron chi connectivity index (χ4n) is 2.22. The number of halogens is 1. The summed E-state index contributed by atoms with van der Waals surface area (Å²) in [5.74, 6) is 0. The summed E-state index contributed by atoms with van der Waals surface area (Å²) in [5, 5.41) is 2.72. The van der Waals surface area contributed by atoms with E-state index >= 15 is 0 Å². The summed E-state index contributed by atoms with van der Waals surface area (Å²) in [5.41, 5.74) is 2.84. The molecule has 0 aliphatic heterocycles. The molecule has 0 nitrogen and oxygen atoms in total. The predicted octanol–water partition coefficient (Wildman–Crippen LogP) is 5.38. The van der Waals surface area contributed by atoms with Crippen molar-refractivity contribution in [2.75, 3.05) is 0 Å². The highest BCUT2D eigenvalue weighted by Gasteiger charge is 2.12. The molecule has 0 aliphatic carbocycles. The molecule has 2 aromatic carbocycles. The molecule has 0 fully saturated rings. The van der Waals surface area contributed by atoms with Crippen LogP contribution in [0, 0.1) is 6.92 Å². The van der Waals surface area contributed by atoms with Crippen LogP contribution in [0.25, 0.3) is 10.8 Å².